The van der Waals surface area contributed by atoms with Gasteiger partial charge < -0.3 is 4.84 Å². The number of carbonyl (C=O) groups excluding carboxylic acids is 1. The van der Waals surface area contributed by atoms with Crippen LogP contribution in [0.1, 0.15) is 0 Å². The topological polar surface area (TPSA) is 52.3 Å². The Morgan fingerprint density at radius 2 is 2.29 bits per heavy atom. The normalized spacial score (nSPS) is 5.86. The first-order chi connectivity index (χ1) is 2.81. The maximum Gasteiger partial charge on any atom is 0.348 e. The van der Waals surface area contributed by atoms with Gasteiger partial charge in [-0.2, -0.15) is 5.90 Å². The average Bonchev–Trinajstić information content (AvgIpc) is 1.65. The minimum Gasteiger partial charge on any atom is -0.370 e. The summed E-state index contributed by atoms with van der Waals surface area (Å²) >= 11 is 0. The van der Waals surface area contributed by atoms with Crippen molar-refractivity contribution in [2.24, 2.45) is 5.90 Å². The molecule has 0 heterocycles. The summed E-state index contributed by atoms with van der Waals surface area (Å²) in [5.41, 5.74) is 0. The first-order valence-corrected chi connectivity index (χ1v) is 1.34. The Balaban J connectivity index is 0. The number of rotatable bonds is 1. The molecule has 0 bridgehead atoms. The summed E-state index contributed by atoms with van der Waals surface area (Å²) in [6.07, 6.45) is 0.986. The molecule has 4 heteroatoms. The summed E-state index contributed by atoms with van der Waals surface area (Å²) in [4.78, 5) is 13.4. The van der Waals surface area contributed by atoms with Crippen LogP contribution in [0.4, 0.5) is 0 Å². The Morgan fingerprint density at radius 3 is 2.29 bits per heavy atom. The number of carbonyl (C=O) groups is 1. The molecule has 0 amide bonds. The molecule has 0 aromatic carbocycles. The maximum atomic E-state index is 9.72. The molecule has 0 unspecified atom stereocenters. The van der Waals surface area contributed by atoms with E-state index in [1.165, 1.54) is 0 Å². The van der Waals surface area contributed by atoms with E-state index < -0.39 is 5.97 Å². The standard InChI is InChI=1S/C3H5NO2.Na/c1-2-3(5)6-4;/h2H,1,4H2;. The van der Waals surface area contributed by atoms with Crippen LogP contribution in [-0.4, -0.2) is 35.5 Å². The first-order valence-electron chi connectivity index (χ1n) is 1.34. The van der Waals surface area contributed by atoms with Gasteiger partial charge in [-0.05, 0) is 0 Å². The molecule has 7 heavy (non-hydrogen) atoms. The molecule has 0 saturated heterocycles. The molecule has 0 saturated carbocycles. The van der Waals surface area contributed by atoms with Crippen LogP contribution in [0.2, 0.25) is 0 Å². The van der Waals surface area contributed by atoms with Crippen LogP contribution in [0.3, 0.4) is 0 Å². The quantitative estimate of drug-likeness (QED) is 0.273. The molecule has 0 aliphatic rings. The van der Waals surface area contributed by atoms with Crippen molar-refractivity contribution in [2.75, 3.05) is 0 Å². The van der Waals surface area contributed by atoms with E-state index in [9.17, 15) is 4.79 Å². The van der Waals surface area contributed by atoms with E-state index in [1.807, 2.05) is 0 Å². The van der Waals surface area contributed by atoms with Gasteiger partial charge in [-0.3, -0.25) is 0 Å². The van der Waals surface area contributed by atoms with Gasteiger partial charge in [-0.25, -0.2) is 4.79 Å². The summed E-state index contributed by atoms with van der Waals surface area (Å²) in [6.45, 7) is 3.08. The van der Waals surface area contributed by atoms with E-state index in [4.69, 9.17) is 0 Å². The fourth-order valence-electron chi connectivity index (χ4n) is 0.0481. The second kappa shape index (κ2) is 6.17. The molecular weight excluding hydrogens is 105 g/mol. The van der Waals surface area contributed by atoms with Gasteiger partial charge in [0.2, 0.25) is 0 Å². The zero-order valence-corrected chi connectivity index (χ0v) is 6.18. The van der Waals surface area contributed by atoms with Gasteiger partial charge in [0.15, 0.2) is 0 Å². The third-order valence-electron chi connectivity index (χ3n) is 0.283. The number of hydrogen-bond acceptors (Lipinski definition) is 3. The maximum absolute atomic E-state index is 9.72. The zero-order valence-electron chi connectivity index (χ0n) is 4.18. The summed E-state index contributed by atoms with van der Waals surface area (Å²) in [6, 6.07) is 0. The van der Waals surface area contributed by atoms with Crippen molar-refractivity contribution in [1.29, 1.82) is 0 Å². The molecule has 0 rings (SSSR count). The van der Waals surface area contributed by atoms with Crippen molar-refractivity contribution in [1.82, 2.24) is 0 Å². The third-order valence-corrected chi connectivity index (χ3v) is 0.283. The van der Waals surface area contributed by atoms with E-state index >= 15 is 0 Å². The van der Waals surface area contributed by atoms with Gasteiger partial charge in [0, 0.05) is 35.6 Å². The van der Waals surface area contributed by atoms with Crippen LogP contribution in [-0.2, 0) is 9.63 Å². The van der Waals surface area contributed by atoms with Crippen molar-refractivity contribution in [3.63, 3.8) is 0 Å². The van der Waals surface area contributed by atoms with Gasteiger partial charge in [-0.1, -0.05) is 6.58 Å². The third kappa shape index (κ3) is 6.17. The minimum atomic E-state index is -0.616. The summed E-state index contributed by atoms with van der Waals surface area (Å²) < 4.78 is 0. The molecule has 0 atom stereocenters. The molecule has 0 aromatic heterocycles. The molecule has 0 aromatic rings. The Morgan fingerprint density at radius 1 is 1.86 bits per heavy atom. The predicted molar refractivity (Wildman–Crippen MR) is 26.2 cm³/mol. The van der Waals surface area contributed by atoms with Crippen LogP contribution in [0.15, 0.2) is 12.7 Å². The number of hydrogen-bond donors (Lipinski definition) is 1. The Kier molecular flexibility index (Phi) is 9.00. The molecule has 0 aliphatic heterocycles. The van der Waals surface area contributed by atoms with Crippen molar-refractivity contribution in [2.45, 2.75) is 0 Å². The minimum absolute atomic E-state index is 0. The summed E-state index contributed by atoms with van der Waals surface area (Å²) in [7, 11) is 0. The van der Waals surface area contributed by atoms with Crippen molar-refractivity contribution in [3.05, 3.63) is 12.7 Å². The van der Waals surface area contributed by atoms with Gasteiger partial charge in [0.05, 0.1) is 0 Å². The molecule has 1 radical (unpaired) electrons. The van der Waals surface area contributed by atoms with Crippen LogP contribution >= 0.6 is 0 Å². The Labute approximate surface area is 63.8 Å². The predicted octanol–water partition coefficient (Wildman–Crippen LogP) is -0.792. The van der Waals surface area contributed by atoms with Gasteiger partial charge >= 0.3 is 5.97 Å². The Hall–Kier alpha value is 0.170. The van der Waals surface area contributed by atoms with E-state index in [0.29, 0.717) is 0 Å². The average molecular weight is 110 g/mol. The van der Waals surface area contributed by atoms with Crippen LogP contribution in [0.25, 0.3) is 0 Å². The fraction of sp³-hybridized carbons (Fsp3) is 0. The molecule has 0 spiro atoms. The van der Waals surface area contributed by atoms with Crippen LogP contribution in [0.5, 0.6) is 0 Å². The van der Waals surface area contributed by atoms with E-state index in [2.05, 4.69) is 17.3 Å². The SMILES string of the molecule is C=CC(=O)ON.[Na]. The van der Waals surface area contributed by atoms with Crippen molar-refractivity contribution >= 4 is 35.5 Å². The fourth-order valence-corrected chi connectivity index (χ4v) is 0.0481. The van der Waals surface area contributed by atoms with Crippen LogP contribution < -0.4 is 5.90 Å². The molecule has 2 N–H and O–H groups in total. The van der Waals surface area contributed by atoms with Crippen molar-refractivity contribution < 1.29 is 9.63 Å². The van der Waals surface area contributed by atoms with Gasteiger partial charge in [-0.15, -0.1) is 0 Å². The van der Waals surface area contributed by atoms with Crippen molar-refractivity contribution in [3.8, 4) is 0 Å². The second-order valence-corrected chi connectivity index (χ2v) is 0.641. The zero-order chi connectivity index (χ0) is 4.99. The monoisotopic (exact) mass is 110 g/mol. The van der Waals surface area contributed by atoms with Gasteiger partial charge in [0.1, 0.15) is 0 Å². The molecular formula is C3H5NNaO2. The van der Waals surface area contributed by atoms with E-state index in [1.54, 1.807) is 0 Å². The first kappa shape index (κ1) is 10.2. The smallest absolute Gasteiger partial charge is 0.348 e. The second-order valence-electron chi connectivity index (χ2n) is 0.641. The summed E-state index contributed by atoms with van der Waals surface area (Å²) in [5, 5.41) is 0. The molecule has 0 aliphatic carbocycles. The Bertz CT molecular complexity index is 73.3. The molecule has 3 nitrogen and oxygen atoms in total. The van der Waals surface area contributed by atoms with E-state index in [0.717, 1.165) is 6.08 Å². The molecule has 0 fully saturated rings. The van der Waals surface area contributed by atoms with Crippen LogP contribution in [0, 0.1) is 0 Å². The number of nitrogens with two attached hydrogens (primary N) is 1. The van der Waals surface area contributed by atoms with Gasteiger partial charge in [0.25, 0.3) is 0 Å². The molecule has 35 valence electrons. The van der Waals surface area contributed by atoms with E-state index in [-0.39, 0.29) is 29.6 Å². The summed E-state index contributed by atoms with van der Waals surface area (Å²) in [5.74, 6) is 3.75. The largest absolute Gasteiger partial charge is 0.370 e.